The summed E-state index contributed by atoms with van der Waals surface area (Å²) in [6.07, 6.45) is 0. The molecule has 0 saturated carbocycles. The lowest BCUT2D eigenvalue weighted by atomic mass is 10.2. The first-order chi connectivity index (χ1) is 13.5. The van der Waals surface area contributed by atoms with E-state index in [4.69, 9.17) is 5.26 Å². The van der Waals surface area contributed by atoms with Gasteiger partial charge >= 0.3 is 0 Å². The number of carbonyl (C=O) groups is 2. The van der Waals surface area contributed by atoms with E-state index in [0.29, 0.717) is 23.7 Å². The third-order valence-electron chi connectivity index (χ3n) is 3.96. The van der Waals surface area contributed by atoms with Crippen LogP contribution in [0.1, 0.15) is 24.1 Å². The molecule has 3 aromatic rings. The topological polar surface area (TPSA) is 104 Å². The molecule has 8 nitrogen and oxygen atoms in total. The number of nitrogens with zero attached hydrogens (tertiary/aromatic N) is 5. The fraction of sp³-hybridized carbons (Fsp3) is 0.211. The summed E-state index contributed by atoms with van der Waals surface area (Å²) in [6.45, 7) is 3.52. The summed E-state index contributed by atoms with van der Waals surface area (Å²) in [7, 11) is 0. The van der Waals surface area contributed by atoms with E-state index in [-0.39, 0.29) is 24.2 Å². The summed E-state index contributed by atoms with van der Waals surface area (Å²) in [5.41, 5.74) is 2.37. The second-order valence-electron chi connectivity index (χ2n) is 6.09. The van der Waals surface area contributed by atoms with Crippen LogP contribution in [0.25, 0.3) is 0 Å². The van der Waals surface area contributed by atoms with Gasteiger partial charge in [0.2, 0.25) is 11.8 Å². The Morgan fingerprint density at radius 3 is 2.61 bits per heavy atom. The van der Waals surface area contributed by atoms with Gasteiger partial charge in [0.1, 0.15) is 18.4 Å². The Morgan fingerprint density at radius 1 is 1.29 bits per heavy atom. The maximum Gasteiger partial charge on any atom is 0.252 e. The predicted octanol–water partition coefficient (Wildman–Crippen LogP) is 2.71. The smallest absolute Gasteiger partial charge is 0.252 e. The highest BCUT2D eigenvalue weighted by molar-refractivity contribution is 7.07. The van der Waals surface area contributed by atoms with E-state index >= 15 is 0 Å². The lowest BCUT2D eigenvalue weighted by Gasteiger charge is -2.23. The van der Waals surface area contributed by atoms with Gasteiger partial charge in [0, 0.05) is 18.3 Å². The van der Waals surface area contributed by atoms with E-state index in [1.165, 1.54) is 11.6 Å². The molecule has 0 unspecified atom stereocenters. The minimum Gasteiger partial charge on any atom is -0.326 e. The number of nitriles is 1. The molecule has 0 bridgehead atoms. The molecule has 0 aliphatic heterocycles. The van der Waals surface area contributed by atoms with E-state index < -0.39 is 0 Å². The van der Waals surface area contributed by atoms with Gasteiger partial charge < -0.3 is 10.2 Å². The first kappa shape index (κ1) is 19.3. The zero-order valence-electron chi connectivity index (χ0n) is 15.4. The number of aryl methyl sites for hydroxylation is 1. The number of nitrogens with one attached hydrogen (secondary N) is 1. The number of hydrogen-bond acceptors (Lipinski definition) is 6. The van der Waals surface area contributed by atoms with Crippen molar-refractivity contribution in [3.8, 4) is 6.07 Å². The third kappa shape index (κ3) is 4.61. The molecular formula is C19H18N6O2S. The van der Waals surface area contributed by atoms with Crippen molar-refractivity contribution in [2.75, 3.05) is 10.2 Å². The van der Waals surface area contributed by atoms with Crippen molar-refractivity contribution < 1.29 is 9.59 Å². The molecule has 0 spiro atoms. The van der Waals surface area contributed by atoms with Crippen molar-refractivity contribution in [3.63, 3.8) is 0 Å². The van der Waals surface area contributed by atoms with Crippen LogP contribution in [0.5, 0.6) is 0 Å². The van der Waals surface area contributed by atoms with Gasteiger partial charge in [-0.1, -0.05) is 0 Å². The van der Waals surface area contributed by atoms with Crippen LogP contribution in [0.3, 0.4) is 0 Å². The minimum atomic E-state index is -0.184. The van der Waals surface area contributed by atoms with Gasteiger partial charge in [-0.2, -0.15) is 16.6 Å². The molecule has 1 N–H and O–H groups in total. The van der Waals surface area contributed by atoms with Gasteiger partial charge in [-0.3, -0.25) is 9.59 Å². The molecule has 1 aromatic carbocycles. The predicted molar refractivity (Wildman–Crippen MR) is 106 cm³/mol. The minimum absolute atomic E-state index is 0.0297. The molecule has 2 aromatic heterocycles. The van der Waals surface area contributed by atoms with Gasteiger partial charge in [-0.25, -0.2) is 9.67 Å². The molecular weight excluding hydrogens is 376 g/mol. The largest absolute Gasteiger partial charge is 0.326 e. The summed E-state index contributed by atoms with van der Waals surface area (Å²) in [4.78, 5) is 29.9. The highest BCUT2D eigenvalue weighted by atomic mass is 32.1. The molecule has 2 heterocycles. The molecule has 0 fully saturated rings. The highest BCUT2D eigenvalue weighted by Crippen LogP contribution is 2.22. The Hall–Kier alpha value is -3.51. The Kier molecular flexibility index (Phi) is 5.81. The fourth-order valence-electron chi connectivity index (χ4n) is 2.65. The fourth-order valence-corrected chi connectivity index (χ4v) is 3.31. The van der Waals surface area contributed by atoms with Crippen LogP contribution in [0.4, 0.5) is 11.4 Å². The lowest BCUT2D eigenvalue weighted by Crippen LogP contribution is -2.34. The summed E-state index contributed by atoms with van der Waals surface area (Å²) in [6, 6.07) is 10.9. The molecule has 0 radical (unpaired) electrons. The van der Waals surface area contributed by atoms with Crippen LogP contribution in [-0.4, -0.2) is 26.6 Å². The Morgan fingerprint density at radius 2 is 2.04 bits per heavy atom. The molecule has 0 atom stereocenters. The number of carbonyl (C=O) groups excluding carboxylic acids is 2. The van der Waals surface area contributed by atoms with Crippen molar-refractivity contribution in [2.45, 2.75) is 26.9 Å². The van der Waals surface area contributed by atoms with Gasteiger partial charge in [-0.15, -0.1) is 5.10 Å². The van der Waals surface area contributed by atoms with Gasteiger partial charge in [-0.05, 0) is 53.6 Å². The van der Waals surface area contributed by atoms with Crippen LogP contribution in [0.2, 0.25) is 0 Å². The standard InChI is InChI=1S/C19H18N6O2S/c1-13-21-18(9-20)23-25(13)11-19(27)24(10-15-7-8-28-12-15)17-5-3-16(4-6-17)22-14(2)26/h3-8,12H,10-11H2,1-2H3,(H,22,26). The van der Waals surface area contributed by atoms with E-state index in [0.717, 1.165) is 5.56 Å². The summed E-state index contributed by atoms with van der Waals surface area (Å²) >= 11 is 1.56. The van der Waals surface area contributed by atoms with Gasteiger partial charge in [0.25, 0.3) is 5.82 Å². The van der Waals surface area contributed by atoms with E-state index in [1.807, 2.05) is 22.9 Å². The van der Waals surface area contributed by atoms with Crippen LogP contribution in [0.15, 0.2) is 41.1 Å². The van der Waals surface area contributed by atoms with Crippen LogP contribution in [0, 0.1) is 18.3 Å². The van der Waals surface area contributed by atoms with Crippen molar-refractivity contribution in [2.24, 2.45) is 0 Å². The normalized spacial score (nSPS) is 10.3. The van der Waals surface area contributed by atoms with Crippen LogP contribution < -0.4 is 10.2 Å². The molecule has 9 heteroatoms. The average molecular weight is 394 g/mol. The molecule has 0 aliphatic rings. The number of rotatable bonds is 6. The second-order valence-corrected chi connectivity index (χ2v) is 6.87. The first-order valence-corrected chi connectivity index (χ1v) is 9.41. The van der Waals surface area contributed by atoms with Crippen LogP contribution in [-0.2, 0) is 22.7 Å². The molecule has 28 heavy (non-hydrogen) atoms. The number of thiophene rings is 1. The van der Waals surface area contributed by atoms with Gasteiger partial charge in [0.15, 0.2) is 0 Å². The Bertz CT molecular complexity index is 1020. The Balaban J connectivity index is 1.85. The number of anilines is 2. The average Bonchev–Trinajstić information content (AvgIpc) is 3.30. The lowest BCUT2D eigenvalue weighted by molar-refractivity contribution is -0.119. The molecule has 142 valence electrons. The third-order valence-corrected chi connectivity index (χ3v) is 4.69. The first-order valence-electron chi connectivity index (χ1n) is 8.47. The monoisotopic (exact) mass is 394 g/mol. The summed E-state index contributed by atoms with van der Waals surface area (Å²) in [5.74, 6) is 0.195. The van der Waals surface area contributed by atoms with Crippen molar-refractivity contribution in [1.29, 1.82) is 5.26 Å². The second kappa shape index (κ2) is 8.45. The SMILES string of the molecule is CC(=O)Nc1ccc(N(Cc2ccsc2)C(=O)Cn2nc(C#N)nc2C)cc1. The van der Waals surface area contributed by atoms with E-state index in [2.05, 4.69) is 15.4 Å². The van der Waals surface area contributed by atoms with Crippen LogP contribution >= 0.6 is 11.3 Å². The highest BCUT2D eigenvalue weighted by Gasteiger charge is 2.19. The van der Waals surface area contributed by atoms with E-state index in [1.54, 1.807) is 47.4 Å². The summed E-state index contributed by atoms with van der Waals surface area (Å²) < 4.78 is 1.42. The number of hydrogen-bond donors (Lipinski definition) is 1. The maximum atomic E-state index is 13.0. The quantitative estimate of drug-likeness (QED) is 0.692. The summed E-state index contributed by atoms with van der Waals surface area (Å²) in [5, 5.41) is 19.6. The van der Waals surface area contributed by atoms with E-state index in [9.17, 15) is 9.59 Å². The molecule has 2 amide bonds. The van der Waals surface area contributed by atoms with Gasteiger partial charge in [0.05, 0.1) is 6.54 Å². The molecule has 0 saturated heterocycles. The van der Waals surface area contributed by atoms with Crippen molar-refractivity contribution in [3.05, 3.63) is 58.3 Å². The Labute approximate surface area is 166 Å². The molecule has 3 rings (SSSR count). The number of amides is 2. The zero-order chi connectivity index (χ0) is 20.1. The number of benzene rings is 1. The molecule has 0 aliphatic carbocycles. The van der Waals surface area contributed by atoms with Crippen molar-refractivity contribution in [1.82, 2.24) is 14.8 Å². The maximum absolute atomic E-state index is 13.0. The number of aromatic nitrogens is 3. The zero-order valence-corrected chi connectivity index (χ0v) is 16.2. The van der Waals surface area contributed by atoms with Crippen molar-refractivity contribution >= 4 is 34.5 Å².